The van der Waals surface area contributed by atoms with E-state index < -0.39 is 0 Å². The fraction of sp³-hybridized carbons (Fsp3) is 0.353. The van der Waals surface area contributed by atoms with E-state index in [0.29, 0.717) is 12.5 Å². The molecule has 0 aliphatic heterocycles. The molecule has 20 heavy (non-hydrogen) atoms. The van der Waals surface area contributed by atoms with Crippen LogP contribution in [0.15, 0.2) is 42.7 Å². The summed E-state index contributed by atoms with van der Waals surface area (Å²) in [4.78, 5) is 4.00. The van der Waals surface area contributed by atoms with Gasteiger partial charge in [0.15, 0.2) is 0 Å². The smallest absolute Gasteiger partial charge is 0.127 e. The maximum Gasteiger partial charge on any atom is 0.127 e. The van der Waals surface area contributed by atoms with Crippen molar-refractivity contribution in [2.24, 2.45) is 0 Å². The van der Waals surface area contributed by atoms with Gasteiger partial charge in [-0.05, 0) is 55.0 Å². The van der Waals surface area contributed by atoms with Gasteiger partial charge in [-0.3, -0.25) is 4.98 Å². The van der Waals surface area contributed by atoms with Crippen molar-refractivity contribution < 1.29 is 4.39 Å². The highest BCUT2D eigenvalue weighted by Gasteiger charge is 2.24. The standard InChI is InChI=1S/C17H19FN2/c1-12(13-6-8-19-9-7-13)20-11-16-5-4-15(10-17(16)18)14-2-3-14/h4-10,12,14,20H,2-3,11H2,1H3. The third kappa shape index (κ3) is 3.05. The first-order valence-corrected chi connectivity index (χ1v) is 7.15. The summed E-state index contributed by atoms with van der Waals surface area (Å²) in [5.74, 6) is 0.506. The Hall–Kier alpha value is -1.74. The fourth-order valence-electron chi connectivity index (χ4n) is 2.41. The van der Waals surface area contributed by atoms with Crippen LogP contribution in [0.1, 0.15) is 48.4 Å². The largest absolute Gasteiger partial charge is 0.306 e. The van der Waals surface area contributed by atoms with E-state index in [9.17, 15) is 4.39 Å². The summed E-state index contributed by atoms with van der Waals surface area (Å²) in [6.45, 7) is 2.62. The van der Waals surface area contributed by atoms with Crippen molar-refractivity contribution in [2.75, 3.05) is 0 Å². The first-order chi connectivity index (χ1) is 9.74. The molecule has 3 rings (SSSR count). The number of aromatic nitrogens is 1. The number of nitrogens with one attached hydrogen (secondary N) is 1. The molecule has 1 unspecified atom stereocenters. The Morgan fingerprint density at radius 2 is 2.00 bits per heavy atom. The average Bonchev–Trinajstić information content (AvgIpc) is 3.31. The summed E-state index contributed by atoms with van der Waals surface area (Å²) < 4.78 is 14.0. The van der Waals surface area contributed by atoms with Crippen LogP contribution in [0, 0.1) is 5.82 Å². The van der Waals surface area contributed by atoms with Crippen LogP contribution < -0.4 is 5.32 Å². The van der Waals surface area contributed by atoms with Crippen LogP contribution in [0.3, 0.4) is 0 Å². The lowest BCUT2D eigenvalue weighted by molar-refractivity contribution is 0.543. The predicted octanol–water partition coefficient (Wildman–Crippen LogP) is 3.95. The minimum absolute atomic E-state index is 0.0937. The molecule has 1 aliphatic rings. The average molecular weight is 270 g/mol. The molecule has 1 fully saturated rings. The zero-order valence-electron chi connectivity index (χ0n) is 11.6. The van der Waals surface area contributed by atoms with Crippen molar-refractivity contribution in [3.05, 3.63) is 65.2 Å². The summed E-state index contributed by atoms with van der Waals surface area (Å²) in [7, 11) is 0. The fourth-order valence-corrected chi connectivity index (χ4v) is 2.41. The Morgan fingerprint density at radius 3 is 2.65 bits per heavy atom. The highest BCUT2D eigenvalue weighted by Crippen LogP contribution is 2.40. The molecule has 0 spiro atoms. The van der Waals surface area contributed by atoms with Crippen molar-refractivity contribution in [3.63, 3.8) is 0 Å². The lowest BCUT2D eigenvalue weighted by Crippen LogP contribution is -2.18. The zero-order chi connectivity index (χ0) is 13.9. The van der Waals surface area contributed by atoms with Crippen LogP contribution in [-0.4, -0.2) is 4.98 Å². The van der Waals surface area contributed by atoms with Crippen molar-refractivity contribution >= 4 is 0 Å². The van der Waals surface area contributed by atoms with E-state index >= 15 is 0 Å². The monoisotopic (exact) mass is 270 g/mol. The van der Waals surface area contributed by atoms with E-state index in [1.807, 2.05) is 18.2 Å². The number of pyridine rings is 1. The Kier molecular flexibility index (Phi) is 3.79. The molecule has 0 amide bonds. The number of halogens is 1. The lowest BCUT2D eigenvalue weighted by atomic mass is 10.1. The molecule has 104 valence electrons. The normalized spacial score (nSPS) is 16.1. The molecule has 0 saturated heterocycles. The minimum atomic E-state index is -0.0937. The topological polar surface area (TPSA) is 24.9 Å². The SMILES string of the molecule is CC(NCc1ccc(C2CC2)cc1F)c1ccncc1. The Balaban J connectivity index is 1.63. The van der Waals surface area contributed by atoms with E-state index in [2.05, 4.69) is 23.3 Å². The van der Waals surface area contributed by atoms with Gasteiger partial charge in [0, 0.05) is 30.5 Å². The van der Waals surface area contributed by atoms with Crippen molar-refractivity contribution in [1.29, 1.82) is 0 Å². The molecule has 2 aromatic rings. The highest BCUT2D eigenvalue weighted by atomic mass is 19.1. The molecule has 1 aromatic carbocycles. The molecule has 1 saturated carbocycles. The number of rotatable bonds is 5. The van der Waals surface area contributed by atoms with Gasteiger partial charge in [-0.15, -0.1) is 0 Å². The van der Waals surface area contributed by atoms with Gasteiger partial charge in [-0.1, -0.05) is 12.1 Å². The maximum absolute atomic E-state index is 14.0. The van der Waals surface area contributed by atoms with Crippen LogP contribution >= 0.6 is 0 Å². The molecule has 1 aromatic heterocycles. The summed E-state index contributed by atoms with van der Waals surface area (Å²) in [5, 5.41) is 3.35. The first kappa shape index (κ1) is 13.3. The van der Waals surface area contributed by atoms with E-state index in [0.717, 1.165) is 16.7 Å². The van der Waals surface area contributed by atoms with Crippen molar-refractivity contribution in [2.45, 2.75) is 38.3 Å². The first-order valence-electron chi connectivity index (χ1n) is 7.15. The third-order valence-corrected chi connectivity index (χ3v) is 3.93. The van der Waals surface area contributed by atoms with Crippen molar-refractivity contribution in [1.82, 2.24) is 10.3 Å². The van der Waals surface area contributed by atoms with Crippen LogP contribution in [0.25, 0.3) is 0 Å². The Morgan fingerprint density at radius 1 is 1.25 bits per heavy atom. The number of benzene rings is 1. The van der Waals surface area contributed by atoms with Gasteiger partial charge in [0.05, 0.1) is 0 Å². The van der Waals surface area contributed by atoms with E-state index in [1.165, 1.54) is 12.8 Å². The Labute approximate surface area is 119 Å². The molecule has 1 aliphatic carbocycles. The number of hydrogen-bond acceptors (Lipinski definition) is 2. The van der Waals surface area contributed by atoms with E-state index in [1.54, 1.807) is 18.5 Å². The molecule has 1 atom stereocenters. The zero-order valence-corrected chi connectivity index (χ0v) is 11.6. The quantitative estimate of drug-likeness (QED) is 0.890. The second-order valence-electron chi connectivity index (χ2n) is 5.51. The molecule has 0 bridgehead atoms. The summed E-state index contributed by atoms with van der Waals surface area (Å²) in [6, 6.07) is 9.81. The van der Waals surface area contributed by atoms with Gasteiger partial charge in [0.25, 0.3) is 0 Å². The Bertz CT molecular complexity index is 579. The van der Waals surface area contributed by atoms with Gasteiger partial charge in [-0.25, -0.2) is 4.39 Å². The minimum Gasteiger partial charge on any atom is -0.306 e. The lowest BCUT2D eigenvalue weighted by Gasteiger charge is -2.14. The van der Waals surface area contributed by atoms with E-state index in [4.69, 9.17) is 0 Å². The van der Waals surface area contributed by atoms with E-state index in [-0.39, 0.29) is 11.9 Å². The van der Waals surface area contributed by atoms with Crippen LogP contribution in [0.4, 0.5) is 4.39 Å². The molecule has 3 heteroatoms. The van der Waals surface area contributed by atoms with Gasteiger partial charge in [0.2, 0.25) is 0 Å². The second-order valence-corrected chi connectivity index (χ2v) is 5.51. The van der Waals surface area contributed by atoms with Crippen LogP contribution in [-0.2, 0) is 6.54 Å². The van der Waals surface area contributed by atoms with Gasteiger partial charge in [0.1, 0.15) is 5.82 Å². The predicted molar refractivity (Wildman–Crippen MR) is 77.9 cm³/mol. The maximum atomic E-state index is 14.0. The molecule has 2 nitrogen and oxygen atoms in total. The van der Waals surface area contributed by atoms with Gasteiger partial charge >= 0.3 is 0 Å². The molecule has 1 heterocycles. The van der Waals surface area contributed by atoms with Gasteiger partial charge in [-0.2, -0.15) is 0 Å². The van der Waals surface area contributed by atoms with Gasteiger partial charge < -0.3 is 5.32 Å². The van der Waals surface area contributed by atoms with Crippen LogP contribution in [0.5, 0.6) is 0 Å². The number of hydrogen-bond donors (Lipinski definition) is 1. The summed E-state index contributed by atoms with van der Waals surface area (Å²) in [6.07, 6.45) is 5.96. The molecule has 1 N–H and O–H groups in total. The summed E-state index contributed by atoms with van der Waals surface area (Å²) in [5.41, 5.74) is 3.04. The number of nitrogens with zero attached hydrogens (tertiary/aromatic N) is 1. The van der Waals surface area contributed by atoms with Crippen LogP contribution in [0.2, 0.25) is 0 Å². The summed E-state index contributed by atoms with van der Waals surface area (Å²) >= 11 is 0. The second kappa shape index (κ2) is 5.71. The third-order valence-electron chi connectivity index (χ3n) is 3.93. The molecule has 0 radical (unpaired) electrons. The van der Waals surface area contributed by atoms with Crippen molar-refractivity contribution in [3.8, 4) is 0 Å². The molecular formula is C17H19FN2. The molecular weight excluding hydrogens is 251 g/mol. The highest BCUT2D eigenvalue weighted by molar-refractivity contribution is 5.29.